The van der Waals surface area contributed by atoms with Crippen LogP contribution in [0.3, 0.4) is 0 Å². The van der Waals surface area contributed by atoms with Crippen molar-refractivity contribution in [3.8, 4) is 6.07 Å². The van der Waals surface area contributed by atoms with Crippen LogP contribution in [0, 0.1) is 23.2 Å². The van der Waals surface area contributed by atoms with Crippen LogP contribution in [0.5, 0.6) is 0 Å². The van der Waals surface area contributed by atoms with E-state index in [0.29, 0.717) is 23.4 Å². The molecule has 5 nitrogen and oxygen atoms in total. The van der Waals surface area contributed by atoms with E-state index in [1.54, 1.807) is 12.3 Å². The molecule has 5 heteroatoms. The molecular formula is C12H15N5. The zero-order valence-corrected chi connectivity index (χ0v) is 9.80. The molecule has 2 aliphatic rings. The minimum atomic E-state index is 0.429. The Bertz CT molecular complexity index is 466. The molecule has 0 aromatic carbocycles. The number of aromatic nitrogens is 2. The van der Waals surface area contributed by atoms with Gasteiger partial charge < -0.3 is 10.2 Å². The molecule has 3 heterocycles. The topological polar surface area (TPSA) is 64.8 Å². The van der Waals surface area contributed by atoms with E-state index in [1.165, 1.54) is 0 Å². The van der Waals surface area contributed by atoms with E-state index in [2.05, 4.69) is 33.4 Å². The second-order valence-electron chi connectivity index (χ2n) is 4.86. The maximum absolute atomic E-state index is 9.11. The first-order valence-electron chi connectivity index (χ1n) is 6.00. The normalized spacial score (nSPS) is 31.3. The van der Waals surface area contributed by atoms with Crippen LogP contribution < -0.4 is 10.2 Å². The van der Waals surface area contributed by atoms with Gasteiger partial charge in [-0.3, -0.25) is 0 Å². The molecule has 88 valence electrons. The molecule has 0 radical (unpaired) electrons. The van der Waals surface area contributed by atoms with Crippen LogP contribution in [0.25, 0.3) is 0 Å². The summed E-state index contributed by atoms with van der Waals surface area (Å²) in [5.74, 6) is 2.10. The van der Waals surface area contributed by atoms with Crippen LogP contribution in [0.15, 0.2) is 12.3 Å². The number of nitrogens with one attached hydrogen (secondary N) is 1. The van der Waals surface area contributed by atoms with Gasteiger partial charge in [0.05, 0.1) is 11.8 Å². The third-order valence-corrected chi connectivity index (χ3v) is 4.03. The van der Waals surface area contributed by atoms with Crippen LogP contribution >= 0.6 is 0 Å². The van der Waals surface area contributed by atoms with E-state index in [4.69, 9.17) is 5.26 Å². The number of nitrogens with zero attached hydrogens (tertiary/aromatic N) is 4. The molecule has 3 rings (SSSR count). The third kappa shape index (κ3) is 1.56. The molecule has 0 spiro atoms. The minimum absolute atomic E-state index is 0.429. The van der Waals surface area contributed by atoms with Crippen molar-refractivity contribution >= 4 is 5.82 Å². The summed E-state index contributed by atoms with van der Waals surface area (Å²) in [5, 5.41) is 20.6. The summed E-state index contributed by atoms with van der Waals surface area (Å²) in [5.41, 5.74) is 0.625. The van der Waals surface area contributed by atoms with Crippen LogP contribution in [-0.2, 0) is 0 Å². The summed E-state index contributed by atoms with van der Waals surface area (Å²) in [7, 11) is 0. The van der Waals surface area contributed by atoms with Crippen LogP contribution in [-0.4, -0.2) is 35.9 Å². The van der Waals surface area contributed by atoms with E-state index in [0.717, 1.165) is 25.5 Å². The van der Waals surface area contributed by atoms with Gasteiger partial charge in [0, 0.05) is 25.7 Å². The number of fused-ring (bicyclic) bond motifs is 1. The minimum Gasteiger partial charge on any atom is -0.351 e. The Morgan fingerprint density at radius 2 is 2.41 bits per heavy atom. The zero-order chi connectivity index (χ0) is 11.8. The van der Waals surface area contributed by atoms with E-state index >= 15 is 0 Å². The van der Waals surface area contributed by atoms with Crippen molar-refractivity contribution in [2.45, 2.75) is 13.0 Å². The van der Waals surface area contributed by atoms with Gasteiger partial charge in [0.1, 0.15) is 6.07 Å². The van der Waals surface area contributed by atoms with Crippen LogP contribution in [0.2, 0.25) is 0 Å². The molecular weight excluding hydrogens is 214 g/mol. The van der Waals surface area contributed by atoms with E-state index in [-0.39, 0.29) is 0 Å². The molecule has 0 aliphatic carbocycles. The average molecular weight is 229 g/mol. The van der Waals surface area contributed by atoms with Crippen molar-refractivity contribution < 1.29 is 0 Å². The van der Waals surface area contributed by atoms with Gasteiger partial charge in [-0.2, -0.15) is 10.4 Å². The molecule has 3 unspecified atom stereocenters. The highest BCUT2D eigenvalue weighted by molar-refractivity contribution is 5.54. The fourth-order valence-corrected chi connectivity index (χ4v) is 3.07. The quantitative estimate of drug-likeness (QED) is 0.754. The predicted octanol–water partition coefficient (Wildman–Crippen LogP) is 0.392. The second kappa shape index (κ2) is 3.97. The van der Waals surface area contributed by atoms with Crippen molar-refractivity contribution in [1.29, 1.82) is 5.26 Å². The molecule has 1 aromatic rings. The SMILES string of the molecule is CC1C2CNCC2CN1c1nnccc1C#N. The summed E-state index contributed by atoms with van der Waals surface area (Å²) >= 11 is 0. The van der Waals surface area contributed by atoms with Gasteiger partial charge in [0.2, 0.25) is 0 Å². The molecule has 0 amide bonds. The lowest BCUT2D eigenvalue weighted by molar-refractivity contribution is 0.471. The molecule has 17 heavy (non-hydrogen) atoms. The maximum Gasteiger partial charge on any atom is 0.169 e. The van der Waals surface area contributed by atoms with Gasteiger partial charge >= 0.3 is 0 Å². The molecule has 2 fully saturated rings. The standard InChI is InChI=1S/C12H15N5/c1-8-11-6-14-5-10(11)7-17(8)12-9(4-13)2-3-15-16-12/h2-3,8,10-11,14H,5-7H2,1H3. The molecule has 0 saturated carbocycles. The second-order valence-corrected chi connectivity index (χ2v) is 4.86. The number of hydrogen-bond donors (Lipinski definition) is 1. The maximum atomic E-state index is 9.11. The van der Waals surface area contributed by atoms with Gasteiger partial charge in [0.15, 0.2) is 5.82 Å². The van der Waals surface area contributed by atoms with Gasteiger partial charge in [0.25, 0.3) is 0 Å². The van der Waals surface area contributed by atoms with Crippen LogP contribution in [0.4, 0.5) is 5.82 Å². The summed E-state index contributed by atoms with van der Waals surface area (Å²) in [6, 6.07) is 4.37. The highest BCUT2D eigenvalue weighted by Gasteiger charge is 2.42. The van der Waals surface area contributed by atoms with Crippen molar-refractivity contribution in [2.75, 3.05) is 24.5 Å². The Morgan fingerprint density at radius 3 is 3.18 bits per heavy atom. The Morgan fingerprint density at radius 1 is 1.53 bits per heavy atom. The van der Waals surface area contributed by atoms with E-state index < -0.39 is 0 Å². The highest BCUT2D eigenvalue weighted by atomic mass is 15.3. The Balaban J connectivity index is 1.93. The number of nitriles is 1. The van der Waals surface area contributed by atoms with Gasteiger partial charge in [-0.15, -0.1) is 5.10 Å². The molecule has 2 aliphatic heterocycles. The fraction of sp³-hybridized carbons (Fsp3) is 0.583. The molecule has 3 atom stereocenters. The molecule has 2 saturated heterocycles. The highest BCUT2D eigenvalue weighted by Crippen LogP contribution is 2.35. The number of rotatable bonds is 1. The first-order chi connectivity index (χ1) is 8.31. The summed E-state index contributed by atoms with van der Waals surface area (Å²) in [6.45, 7) is 5.35. The van der Waals surface area contributed by atoms with Crippen LogP contribution in [0.1, 0.15) is 12.5 Å². The lowest BCUT2D eigenvalue weighted by Gasteiger charge is -2.25. The summed E-state index contributed by atoms with van der Waals surface area (Å²) in [6.07, 6.45) is 1.57. The fourth-order valence-electron chi connectivity index (χ4n) is 3.07. The number of anilines is 1. The summed E-state index contributed by atoms with van der Waals surface area (Å²) in [4.78, 5) is 2.24. The van der Waals surface area contributed by atoms with Crippen molar-refractivity contribution in [1.82, 2.24) is 15.5 Å². The lowest BCUT2D eigenvalue weighted by Crippen LogP contribution is -2.34. The predicted molar refractivity (Wildman–Crippen MR) is 63.4 cm³/mol. The van der Waals surface area contributed by atoms with Gasteiger partial charge in [-0.25, -0.2) is 0 Å². The van der Waals surface area contributed by atoms with E-state index in [1.807, 2.05) is 0 Å². The average Bonchev–Trinajstić information content (AvgIpc) is 2.93. The van der Waals surface area contributed by atoms with Crippen molar-refractivity contribution in [3.63, 3.8) is 0 Å². The number of hydrogen-bond acceptors (Lipinski definition) is 5. The van der Waals surface area contributed by atoms with Crippen molar-refractivity contribution in [2.24, 2.45) is 11.8 Å². The van der Waals surface area contributed by atoms with Crippen molar-refractivity contribution in [3.05, 3.63) is 17.8 Å². The zero-order valence-electron chi connectivity index (χ0n) is 9.80. The Hall–Kier alpha value is -1.67. The molecule has 0 bridgehead atoms. The lowest BCUT2D eigenvalue weighted by atomic mass is 9.95. The van der Waals surface area contributed by atoms with Gasteiger partial charge in [-0.1, -0.05) is 0 Å². The largest absolute Gasteiger partial charge is 0.351 e. The smallest absolute Gasteiger partial charge is 0.169 e. The first kappa shape index (κ1) is 10.5. The first-order valence-corrected chi connectivity index (χ1v) is 6.00. The molecule has 1 N–H and O–H groups in total. The monoisotopic (exact) mass is 229 g/mol. The molecule has 1 aromatic heterocycles. The third-order valence-electron chi connectivity index (χ3n) is 4.03. The van der Waals surface area contributed by atoms with E-state index in [9.17, 15) is 0 Å². The Kier molecular flexibility index (Phi) is 2.45. The Labute approximate surface area is 100 Å². The van der Waals surface area contributed by atoms with Gasteiger partial charge in [-0.05, 0) is 24.8 Å². The summed E-state index contributed by atoms with van der Waals surface area (Å²) < 4.78 is 0.